The number of piperidine rings is 1. The maximum atomic E-state index is 12.0. The highest BCUT2D eigenvalue weighted by molar-refractivity contribution is 5.82. The van der Waals surface area contributed by atoms with Gasteiger partial charge < -0.3 is 9.32 Å². The van der Waals surface area contributed by atoms with E-state index in [2.05, 4.69) is 0 Å². The highest BCUT2D eigenvalue weighted by atomic mass is 16.3. The summed E-state index contributed by atoms with van der Waals surface area (Å²) in [5.41, 5.74) is 0. The van der Waals surface area contributed by atoms with E-state index in [1.807, 2.05) is 17.9 Å². The van der Waals surface area contributed by atoms with Crippen molar-refractivity contribution in [1.29, 1.82) is 0 Å². The standard InChI is InChI=1S/C14H19NO3/c1-2-13(16)11-5-7-15(8-6-11)14(17)10-12-4-3-9-18-12/h3-4,9,11H,2,5-8,10H2,1H3. The Morgan fingerprint density at radius 1 is 1.39 bits per heavy atom. The minimum Gasteiger partial charge on any atom is -0.469 e. The number of hydrogen-bond donors (Lipinski definition) is 0. The molecule has 4 nitrogen and oxygen atoms in total. The van der Waals surface area contributed by atoms with E-state index in [1.165, 1.54) is 0 Å². The third-order valence-corrected chi connectivity index (χ3v) is 3.56. The molecule has 0 radical (unpaired) electrons. The number of carbonyl (C=O) groups is 2. The van der Waals surface area contributed by atoms with Crippen molar-refractivity contribution in [1.82, 2.24) is 4.90 Å². The summed E-state index contributed by atoms with van der Waals surface area (Å²) in [5.74, 6) is 1.27. The number of carbonyl (C=O) groups excluding carboxylic acids is 2. The van der Waals surface area contributed by atoms with Crippen LogP contribution in [0.1, 0.15) is 31.9 Å². The second kappa shape index (κ2) is 5.85. The van der Waals surface area contributed by atoms with E-state index < -0.39 is 0 Å². The molecule has 18 heavy (non-hydrogen) atoms. The fraction of sp³-hybridized carbons (Fsp3) is 0.571. The zero-order valence-electron chi connectivity index (χ0n) is 10.7. The number of hydrogen-bond acceptors (Lipinski definition) is 3. The van der Waals surface area contributed by atoms with Crippen molar-refractivity contribution < 1.29 is 14.0 Å². The molecular weight excluding hydrogens is 230 g/mol. The van der Waals surface area contributed by atoms with Crippen LogP contribution in [0.25, 0.3) is 0 Å². The Balaban J connectivity index is 1.82. The Bertz CT molecular complexity index is 403. The van der Waals surface area contributed by atoms with E-state index in [1.54, 1.807) is 12.3 Å². The summed E-state index contributed by atoms with van der Waals surface area (Å²) in [5, 5.41) is 0. The van der Waals surface area contributed by atoms with Crippen LogP contribution in [-0.4, -0.2) is 29.7 Å². The van der Waals surface area contributed by atoms with Crippen molar-refractivity contribution in [3.05, 3.63) is 24.2 Å². The first kappa shape index (κ1) is 12.9. The largest absolute Gasteiger partial charge is 0.469 e. The summed E-state index contributed by atoms with van der Waals surface area (Å²) in [6.45, 7) is 3.28. The Kier molecular flexibility index (Phi) is 4.18. The van der Waals surface area contributed by atoms with Gasteiger partial charge in [0.15, 0.2) is 0 Å². The van der Waals surface area contributed by atoms with Gasteiger partial charge in [-0.05, 0) is 25.0 Å². The number of ketones is 1. The van der Waals surface area contributed by atoms with E-state index in [9.17, 15) is 9.59 Å². The topological polar surface area (TPSA) is 50.5 Å². The van der Waals surface area contributed by atoms with Crippen molar-refractivity contribution in [3.63, 3.8) is 0 Å². The Morgan fingerprint density at radius 2 is 2.11 bits per heavy atom. The molecule has 1 saturated heterocycles. The molecule has 2 rings (SSSR count). The first-order chi connectivity index (χ1) is 8.70. The third kappa shape index (κ3) is 3.00. The summed E-state index contributed by atoms with van der Waals surface area (Å²) < 4.78 is 5.17. The molecule has 0 aromatic carbocycles. The van der Waals surface area contributed by atoms with Gasteiger partial charge in [0.05, 0.1) is 12.7 Å². The van der Waals surface area contributed by atoms with Crippen LogP contribution in [0.3, 0.4) is 0 Å². The summed E-state index contributed by atoms with van der Waals surface area (Å²) >= 11 is 0. The SMILES string of the molecule is CCC(=O)C1CCN(C(=O)Cc2ccco2)CC1. The summed E-state index contributed by atoms with van der Waals surface area (Å²) in [6, 6.07) is 3.60. The lowest BCUT2D eigenvalue weighted by Gasteiger charge is -2.31. The molecule has 1 aromatic rings. The average molecular weight is 249 g/mol. The quantitative estimate of drug-likeness (QED) is 0.820. The lowest BCUT2D eigenvalue weighted by Crippen LogP contribution is -2.40. The summed E-state index contributed by atoms with van der Waals surface area (Å²) in [4.78, 5) is 25.4. The van der Waals surface area contributed by atoms with Crippen molar-refractivity contribution in [2.24, 2.45) is 5.92 Å². The van der Waals surface area contributed by atoms with Crippen LogP contribution in [-0.2, 0) is 16.0 Å². The van der Waals surface area contributed by atoms with Gasteiger partial charge >= 0.3 is 0 Å². The average Bonchev–Trinajstić information content (AvgIpc) is 2.91. The first-order valence-electron chi connectivity index (χ1n) is 6.53. The van der Waals surface area contributed by atoms with Gasteiger partial charge in [-0.25, -0.2) is 0 Å². The van der Waals surface area contributed by atoms with Gasteiger partial charge in [0, 0.05) is 25.4 Å². The maximum Gasteiger partial charge on any atom is 0.230 e. The van der Waals surface area contributed by atoms with Gasteiger partial charge in [0.25, 0.3) is 0 Å². The van der Waals surface area contributed by atoms with Crippen molar-refractivity contribution >= 4 is 11.7 Å². The van der Waals surface area contributed by atoms with Crippen LogP contribution in [0.2, 0.25) is 0 Å². The Hall–Kier alpha value is -1.58. The number of rotatable bonds is 4. The number of Topliss-reactive ketones (excluding diaryl/α,β-unsaturated/α-hetero) is 1. The molecule has 1 aromatic heterocycles. The predicted molar refractivity (Wildman–Crippen MR) is 67.0 cm³/mol. The van der Waals surface area contributed by atoms with E-state index in [4.69, 9.17) is 4.42 Å². The molecule has 1 fully saturated rings. The van der Waals surface area contributed by atoms with Gasteiger partial charge in [-0.1, -0.05) is 6.92 Å². The molecule has 0 saturated carbocycles. The van der Waals surface area contributed by atoms with E-state index in [0.717, 1.165) is 12.8 Å². The van der Waals surface area contributed by atoms with Gasteiger partial charge in [0.1, 0.15) is 11.5 Å². The minimum atomic E-state index is 0.0901. The number of furan rings is 1. The summed E-state index contributed by atoms with van der Waals surface area (Å²) in [7, 11) is 0. The highest BCUT2D eigenvalue weighted by Gasteiger charge is 2.26. The van der Waals surface area contributed by atoms with Crippen molar-refractivity contribution in [2.75, 3.05) is 13.1 Å². The minimum absolute atomic E-state index is 0.0901. The fourth-order valence-electron chi connectivity index (χ4n) is 2.41. The molecule has 0 N–H and O–H groups in total. The molecule has 0 atom stereocenters. The van der Waals surface area contributed by atoms with Crippen molar-refractivity contribution in [3.8, 4) is 0 Å². The molecular formula is C14H19NO3. The number of likely N-dealkylation sites (tertiary alicyclic amines) is 1. The van der Waals surface area contributed by atoms with Crippen LogP contribution < -0.4 is 0 Å². The molecule has 98 valence electrons. The van der Waals surface area contributed by atoms with Gasteiger partial charge in [-0.2, -0.15) is 0 Å². The normalized spacial score (nSPS) is 16.8. The fourth-order valence-corrected chi connectivity index (χ4v) is 2.41. The zero-order chi connectivity index (χ0) is 13.0. The van der Waals surface area contributed by atoms with Crippen LogP contribution in [0.4, 0.5) is 0 Å². The third-order valence-electron chi connectivity index (χ3n) is 3.56. The predicted octanol–water partition coefficient (Wildman–Crippen LogP) is 2.04. The molecule has 4 heteroatoms. The lowest BCUT2D eigenvalue weighted by atomic mass is 9.91. The second-order valence-corrected chi connectivity index (χ2v) is 4.73. The van der Waals surface area contributed by atoms with Crippen LogP contribution in [0.15, 0.2) is 22.8 Å². The van der Waals surface area contributed by atoms with Crippen molar-refractivity contribution in [2.45, 2.75) is 32.6 Å². The summed E-state index contributed by atoms with van der Waals surface area (Å²) in [6.07, 6.45) is 4.10. The Morgan fingerprint density at radius 3 is 2.67 bits per heavy atom. The number of amides is 1. The molecule has 2 heterocycles. The molecule has 1 aliphatic heterocycles. The second-order valence-electron chi connectivity index (χ2n) is 4.73. The first-order valence-corrected chi connectivity index (χ1v) is 6.53. The maximum absolute atomic E-state index is 12.0. The number of nitrogens with zero attached hydrogens (tertiary/aromatic N) is 1. The monoisotopic (exact) mass is 249 g/mol. The molecule has 0 spiro atoms. The van der Waals surface area contributed by atoms with Gasteiger partial charge in [-0.3, -0.25) is 9.59 Å². The molecule has 1 aliphatic rings. The smallest absolute Gasteiger partial charge is 0.230 e. The van der Waals surface area contributed by atoms with E-state index >= 15 is 0 Å². The van der Waals surface area contributed by atoms with Gasteiger partial charge in [0.2, 0.25) is 5.91 Å². The lowest BCUT2D eigenvalue weighted by molar-refractivity contribution is -0.134. The molecule has 0 unspecified atom stereocenters. The Labute approximate surface area is 107 Å². The van der Waals surface area contributed by atoms with Gasteiger partial charge in [-0.15, -0.1) is 0 Å². The van der Waals surface area contributed by atoms with Crippen LogP contribution in [0, 0.1) is 5.92 Å². The molecule has 1 amide bonds. The van der Waals surface area contributed by atoms with E-state index in [0.29, 0.717) is 37.5 Å². The van der Waals surface area contributed by atoms with Crippen LogP contribution in [0.5, 0.6) is 0 Å². The highest BCUT2D eigenvalue weighted by Crippen LogP contribution is 2.20. The van der Waals surface area contributed by atoms with Crippen LogP contribution >= 0.6 is 0 Å². The van der Waals surface area contributed by atoms with E-state index in [-0.39, 0.29) is 11.8 Å². The molecule has 0 bridgehead atoms. The molecule has 0 aliphatic carbocycles. The zero-order valence-corrected chi connectivity index (χ0v) is 10.7.